The summed E-state index contributed by atoms with van der Waals surface area (Å²) < 4.78 is 6.79. The highest BCUT2D eigenvalue weighted by Crippen LogP contribution is 2.52. The van der Waals surface area contributed by atoms with Crippen LogP contribution in [-0.2, 0) is 4.74 Å². The molecule has 2 aliphatic rings. The van der Waals surface area contributed by atoms with Gasteiger partial charge in [-0.3, -0.25) is 4.79 Å². The number of nitrogens with one attached hydrogen (secondary N) is 1. The number of ether oxygens (including phenoxy) is 1. The van der Waals surface area contributed by atoms with E-state index in [1.165, 1.54) is 11.3 Å². The van der Waals surface area contributed by atoms with Crippen molar-refractivity contribution in [3.05, 3.63) is 20.8 Å². The Morgan fingerprint density at radius 1 is 1.53 bits per heavy atom. The molecule has 2 heterocycles. The molecule has 5 heteroatoms. The third-order valence-electron chi connectivity index (χ3n) is 4.06. The molecule has 3 nitrogen and oxygen atoms in total. The number of carbonyl (C=O) groups is 1. The van der Waals surface area contributed by atoms with Crippen LogP contribution in [0.3, 0.4) is 0 Å². The molecule has 1 aromatic rings. The van der Waals surface area contributed by atoms with Crippen LogP contribution in [-0.4, -0.2) is 24.2 Å². The van der Waals surface area contributed by atoms with Crippen molar-refractivity contribution in [1.29, 1.82) is 0 Å². The third-order valence-corrected chi connectivity index (χ3v) is 5.74. The van der Waals surface area contributed by atoms with E-state index in [0.717, 1.165) is 35.2 Å². The Kier molecular flexibility index (Phi) is 3.27. The predicted octanol–water partition coefficient (Wildman–Crippen LogP) is 3.59. The minimum atomic E-state index is 0.00753. The molecule has 19 heavy (non-hydrogen) atoms. The average Bonchev–Trinajstić information content (AvgIpc) is 2.82. The third kappa shape index (κ3) is 2.73. The number of halogens is 1. The fraction of sp³-hybridized carbons (Fsp3) is 0.643. The molecule has 0 radical (unpaired) electrons. The molecule has 1 aliphatic heterocycles. The first-order valence-corrected chi connectivity index (χ1v) is 8.24. The van der Waals surface area contributed by atoms with E-state index >= 15 is 0 Å². The van der Waals surface area contributed by atoms with Crippen LogP contribution in [0.15, 0.2) is 15.9 Å². The SMILES string of the molecule is CC1(C)CC2(CO1)CC(NC(=O)c1cc(Br)cs1)C2. The van der Waals surface area contributed by atoms with Gasteiger partial charge in [0.25, 0.3) is 5.91 Å². The van der Waals surface area contributed by atoms with Gasteiger partial charge >= 0.3 is 0 Å². The summed E-state index contributed by atoms with van der Waals surface area (Å²) in [5.74, 6) is 0.0497. The van der Waals surface area contributed by atoms with Gasteiger partial charge in [0, 0.05) is 21.3 Å². The fourth-order valence-electron chi connectivity index (χ4n) is 3.39. The van der Waals surface area contributed by atoms with Crippen molar-refractivity contribution in [2.45, 2.75) is 44.8 Å². The lowest BCUT2D eigenvalue weighted by Gasteiger charge is -2.44. The highest BCUT2D eigenvalue weighted by molar-refractivity contribution is 9.10. The van der Waals surface area contributed by atoms with Gasteiger partial charge in [-0.25, -0.2) is 0 Å². The van der Waals surface area contributed by atoms with Crippen LogP contribution in [0, 0.1) is 5.41 Å². The predicted molar refractivity (Wildman–Crippen MR) is 79.6 cm³/mol. The number of carbonyl (C=O) groups excluding carboxylic acids is 1. The fourth-order valence-corrected chi connectivity index (χ4v) is 4.72. The molecule has 1 amide bonds. The second kappa shape index (κ2) is 4.57. The van der Waals surface area contributed by atoms with Crippen LogP contribution in [0.25, 0.3) is 0 Å². The second-order valence-electron chi connectivity index (χ2n) is 6.43. The molecule has 3 rings (SSSR count). The Hall–Kier alpha value is -0.390. The van der Waals surface area contributed by atoms with Crippen LogP contribution in [0.2, 0.25) is 0 Å². The van der Waals surface area contributed by atoms with Crippen molar-refractivity contribution in [2.24, 2.45) is 5.41 Å². The molecule has 2 fully saturated rings. The molecule has 104 valence electrons. The number of hydrogen-bond acceptors (Lipinski definition) is 3. The standard InChI is InChI=1S/C14H18BrNO2S/c1-13(2)7-14(8-18-13)4-10(5-14)16-12(17)11-3-9(15)6-19-11/h3,6,10H,4-5,7-8H2,1-2H3,(H,16,17). The maximum atomic E-state index is 12.0. The van der Waals surface area contributed by atoms with Crippen LogP contribution < -0.4 is 5.32 Å². The van der Waals surface area contributed by atoms with Gasteiger partial charge in [0.05, 0.1) is 17.1 Å². The van der Waals surface area contributed by atoms with Gasteiger partial charge in [0.15, 0.2) is 0 Å². The van der Waals surface area contributed by atoms with Crippen LogP contribution in [0.1, 0.15) is 42.8 Å². The number of hydrogen-bond donors (Lipinski definition) is 1. The summed E-state index contributed by atoms with van der Waals surface area (Å²) in [6.45, 7) is 5.14. The summed E-state index contributed by atoms with van der Waals surface area (Å²) in [5, 5.41) is 5.05. The number of rotatable bonds is 2. The molecule has 0 atom stereocenters. The molecule has 1 saturated carbocycles. The largest absolute Gasteiger partial charge is 0.375 e. The molecule has 1 saturated heterocycles. The minimum absolute atomic E-state index is 0.00753. The van der Waals surface area contributed by atoms with Gasteiger partial charge in [-0.2, -0.15) is 0 Å². The van der Waals surface area contributed by atoms with E-state index in [9.17, 15) is 4.79 Å². The van der Waals surface area contributed by atoms with E-state index < -0.39 is 0 Å². The highest BCUT2D eigenvalue weighted by atomic mass is 79.9. The van der Waals surface area contributed by atoms with Gasteiger partial charge in [0.2, 0.25) is 0 Å². The zero-order valence-electron chi connectivity index (χ0n) is 11.2. The van der Waals surface area contributed by atoms with Crippen molar-refractivity contribution in [3.63, 3.8) is 0 Å². The maximum Gasteiger partial charge on any atom is 0.261 e. The van der Waals surface area contributed by atoms with Gasteiger partial charge < -0.3 is 10.1 Å². The summed E-state index contributed by atoms with van der Waals surface area (Å²) in [6, 6.07) is 2.18. The summed E-state index contributed by atoms with van der Waals surface area (Å²) in [6.07, 6.45) is 3.21. The van der Waals surface area contributed by atoms with Crippen LogP contribution in [0.5, 0.6) is 0 Å². The summed E-state index contributed by atoms with van der Waals surface area (Å²) in [7, 11) is 0. The van der Waals surface area contributed by atoms with Crippen molar-refractivity contribution < 1.29 is 9.53 Å². The molecule has 0 unspecified atom stereocenters. The smallest absolute Gasteiger partial charge is 0.261 e. The number of amides is 1. The quantitative estimate of drug-likeness (QED) is 0.890. The lowest BCUT2D eigenvalue weighted by molar-refractivity contribution is 0.0177. The highest BCUT2D eigenvalue weighted by Gasteiger charge is 2.52. The van der Waals surface area contributed by atoms with Crippen molar-refractivity contribution in [2.75, 3.05) is 6.61 Å². The number of thiophene rings is 1. The molecule has 1 aromatic heterocycles. The van der Waals surface area contributed by atoms with Gasteiger partial charge in [-0.1, -0.05) is 0 Å². The Morgan fingerprint density at radius 2 is 2.26 bits per heavy atom. The Balaban J connectivity index is 1.53. The van der Waals surface area contributed by atoms with Crippen molar-refractivity contribution in [1.82, 2.24) is 5.32 Å². The minimum Gasteiger partial charge on any atom is -0.375 e. The van der Waals surface area contributed by atoms with Crippen molar-refractivity contribution >= 4 is 33.2 Å². The van der Waals surface area contributed by atoms with Gasteiger partial charge in [0.1, 0.15) is 0 Å². The van der Waals surface area contributed by atoms with Gasteiger partial charge in [-0.15, -0.1) is 11.3 Å². The van der Waals surface area contributed by atoms with E-state index in [4.69, 9.17) is 4.74 Å². The first-order valence-electron chi connectivity index (χ1n) is 6.56. The summed E-state index contributed by atoms with van der Waals surface area (Å²) >= 11 is 4.85. The second-order valence-corrected chi connectivity index (χ2v) is 8.26. The Bertz CT molecular complexity index is 505. The van der Waals surface area contributed by atoms with E-state index in [0.29, 0.717) is 11.5 Å². The van der Waals surface area contributed by atoms with Crippen LogP contribution >= 0.6 is 27.3 Å². The van der Waals surface area contributed by atoms with E-state index in [-0.39, 0.29) is 11.5 Å². The molecule has 1 spiro atoms. The first kappa shape index (κ1) is 13.6. The molecule has 0 bridgehead atoms. The van der Waals surface area contributed by atoms with E-state index in [2.05, 4.69) is 35.1 Å². The molecule has 1 N–H and O–H groups in total. The summed E-state index contributed by atoms with van der Waals surface area (Å²) in [5.41, 5.74) is 0.324. The monoisotopic (exact) mass is 343 g/mol. The Labute approximate surface area is 125 Å². The van der Waals surface area contributed by atoms with Crippen molar-refractivity contribution in [3.8, 4) is 0 Å². The van der Waals surface area contributed by atoms with Crippen LogP contribution in [0.4, 0.5) is 0 Å². The topological polar surface area (TPSA) is 38.3 Å². The average molecular weight is 344 g/mol. The normalized spacial score (nSPS) is 32.3. The Morgan fingerprint density at radius 3 is 2.79 bits per heavy atom. The van der Waals surface area contributed by atoms with Gasteiger partial charge in [-0.05, 0) is 55.1 Å². The van der Waals surface area contributed by atoms with E-state index in [1.807, 2.05) is 11.4 Å². The summed E-state index contributed by atoms with van der Waals surface area (Å²) in [4.78, 5) is 12.8. The molecule has 0 aromatic carbocycles. The first-order chi connectivity index (χ1) is 8.88. The maximum absolute atomic E-state index is 12.0. The zero-order valence-corrected chi connectivity index (χ0v) is 13.6. The lowest BCUT2D eigenvalue weighted by Crippen LogP contribution is -2.51. The zero-order chi connectivity index (χ0) is 13.7. The lowest BCUT2D eigenvalue weighted by atomic mass is 9.63. The molecule has 1 aliphatic carbocycles. The van der Waals surface area contributed by atoms with E-state index in [1.54, 1.807) is 0 Å². The molecular formula is C14H18BrNO2S. The molecular weight excluding hydrogens is 326 g/mol.